The number of halogens is 2. The van der Waals surface area contributed by atoms with E-state index in [2.05, 4.69) is 31.9 Å². The van der Waals surface area contributed by atoms with Gasteiger partial charge in [-0.2, -0.15) is 5.26 Å². The summed E-state index contributed by atoms with van der Waals surface area (Å²) in [6, 6.07) is 7.74. The van der Waals surface area contributed by atoms with E-state index >= 15 is 0 Å². The number of nitrogens with zero attached hydrogens (tertiary/aromatic N) is 1. The van der Waals surface area contributed by atoms with Crippen molar-refractivity contribution in [3.8, 4) is 6.07 Å². The van der Waals surface area contributed by atoms with E-state index in [4.69, 9.17) is 5.26 Å². The van der Waals surface area contributed by atoms with Gasteiger partial charge in [0.2, 0.25) is 0 Å². The first-order chi connectivity index (χ1) is 5.75. The summed E-state index contributed by atoms with van der Waals surface area (Å²) < 4.78 is 1.95. The minimum Gasteiger partial charge on any atom is -0.193 e. The van der Waals surface area contributed by atoms with Crippen molar-refractivity contribution in [3.05, 3.63) is 38.8 Å². The van der Waals surface area contributed by atoms with Crippen molar-refractivity contribution in [2.75, 3.05) is 0 Å². The lowest BCUT2D eigenvalue weighted by Crippen LogP contribution is -1.76. The molecule has 0 aliphatic heterocycles. The predicted octanol–water partition coefficient (Wildman–Crippen LogP) is 3.75. The van der Waals surface area contributed by atoms with Crippen molar-refractivity contribution in [2.45, 2.75) is 0 Å². The first kappa shape index (κ1) is 9.50. The maximum absolute atomic E-state index is 8.34. The van der Waals surface area contributed by atoms with Crippen molar-refractivity contribution in [1.82, 2.24) is 0 Å². The summed E-state index contributed by atoms with van der Waals surface area (Å²) >= 11 is 6.77. The molecule has 0 radical (unpaired) electrons. The second-order valence-electron chi connectivity index (χ2n) is 2.10. The molecule has 0 N–H and O–H groups in total. The van der Waals surface area contributed by atoms with Crippen molar-refractivity contribution in [1.29, 1.82) is 5.26 Å². The van der Waals surface area contributed by atoms with E-state index in [1.54, 1.807) is 6.08 Å². The Bertz CT molecular complexity index is 330. The lowest BCUT2D eigenvalue weighted by molar-refractivity contribution is 1.52. The molecule has 0 saturated heterocycles. The lowest BCUT2D eigenvalue weighted by atomic mass is 10.2. The van der Waals surface area contributed by atoms with Crippen LogP contribution in [0.25, 0.3) is 6.08 Å². The standard InChI is InChI=1S/C9H5Br2N/c10-8-4-1-5-9(11)7(8)3-2-6-12/h1-5H. The second-order valence-corrected chi connectivity index (χ2v) is 3.81. The van der Waals surface area contributed by atoms with Gasteiger partial charge in [0.25, 0.3) is 0 Å². The lowest BCUT2D eigenvalue weighted by Gasteiger charge is -1.99. The zero-order chi connectivity index (χ0) is 8.97. The van der Waals surface area contributed by atoms with Crippen LogP contribution in [0, 0.1) is 11.3 Å². The Balaban J connectivity index is 3.15. The third-order valence-corrected chi connectivity index (χ3v) is 2.71. The van der Waals surface area contributed by atoms with E-state index in [1.165, 1.54) is 6.08 Å². The molecule has 60 valence electrons. The molecule has 1 nitrogen and oxygen atoms in total. The van der Waals surface area contributed by atoms with Gasteiger partial charge in [-0.1, -0.05) is 37.9 Å². The average Bonchev–Trinajstić information content (AvgIpc) is 2.04. The Morgan fingerprint density at radius 2 is 1.83 bits per heavy atom. The predicted molar refractivity (Wildman–Crippen MR) is 56.5 cm³/mol. The Morgan fingerprint density at radius 1 is 1.25 bits per heavy atom. The van der Waals surface area contributed by atoms with Crippen LogP contribution < -0.4 is 0 Å². The third kappa shape index (κ3) is 2.20. The molecule has 0 saturated carbocycles. The maximum atomic E-state index is 8.34. The Labute approximate surface area is 88.0 Å². The molecule has 0 bridgehead atoms. The quantitative estimate of drug-likeness (QED) is 0.722. The first-order valence-electron chi connectivity index (χ1n) is 3.26. The molecular weight excluding hydrogens is 282 g/mol. The summed E-state index contributed by atoms with van der Waals surface area (Å²) in [5.74, 6) is 0. The van der Waals surface area contributed by atoms with Crippen molar-refractivity contribution >= 4 is 37.9 Å². The van der Waals surface area contributed by atoms with Gasteiger partial charge in [-0.15, -0.1) is 0 Å². The molecule has 0 aromatic heterocycles. The molecule has 0 unspecified atom stereocenters. The van der Waals surface area contributed by atoms with Crippen LogP contribution in [0.1, 0.15) is 5.56 Å². The van der Waals surface area contributed by atoms with Gasteiger partial charge in [-0.05, 0) is 18.2 Å². The number of nitriles is 1. The van der Waals surface area contributed by atoms with Crippen LogP contribution in [-0.4, -0.2) is 0 Å². The molecule has 0 fully saturated rings. The third-order valence-electron chi connectivity index (χ3n) is 1.32. The van der Waals surface area contributed by atoms with Crippen molar-refractivity contribution in [2.24, 2.45) is 0 Å². The molecule has 1 rings (SSSR count). The summed E-state index contributed by atoms with van der Waals surface area (Å²) in [6.45, 7) is 0. The highest BCUT2D eigenvalue weighted by atomic mass is 79.9. The fourth-order valence-electron chi connectivity index (χ4n) is 0.791. The molecule has 3 heteroatoms. The summed E-state index contributed by atoms with van der Waals surface area (Å²) in [5.41, 5.74) is 0.985. The Morgan fingerprint density at radius 3 is 2.33 bits per heavy atom. The van der Waals surface area contributed by atoms with Gasteiger partial charge in [-0.25, -0.2) is 0 Å². The van der Waals surface area contributed by atoms with Gasteiger partial charge in [0, 0.05) is 20.6 Å². The molecule has 0 amide bonds. The average molecular weight is 287 g/mol. The first-order valence-corrected chi connectivity index (χ1v) is 4.84. The highest BCUT2D eigenvalue weighted by Gasteiger charge is 1.98. The molecule has 1 aromatic rings. The largest absolute Gasteiger partial charge is 0.193 e. The minimum absolute atomic E-state index is 0.975. The van der Waals surface area contributed by atoms with Crippen molar-refractivity contribution < 1.29 is 0 Å². The highest BCUT2D eigenvalue weighted by Crippen LogP contribution is 2.25. The van der Waals surface area contributed by atoms with Gasteiger partial charge >= 0.3 is 0 Å². The molecule has 0 aliphatic rings. The number of allylic oxidation sites excluding steroid dienone is 1. The smallest absolute Gasteiger partial charge is 0.0912 e. The fraction of sp³-hybridized carbons (Fsp3) is 0. The summed E-state index contributed by atoms with van der Waals surface area (Å²) in [4.78, 5) is 0. The highest BCUT2D eigenvalue weighted by molar-refractivity contribution is 9.11. The number of rotatable bonds is 1. The number of hydrogen-bond donors (Lipinski definition) is 0. The SMILES string of the molecule is N#CC=Cc1c(Br)cccc1Br. The summed E-state index contributed by atoms with van der Waals surface area (Å²) in [6.07, 6.45) is 3.21. The minimum atomic E-state index is 0.975. The maximum Gasteiger partial charge on any atom is 0.0912 e. The van der Waals surface area contributed by atoms with Crippen LogP contribution in [0.15, 0.2) is 33.2 Å². The molecule has 12 heavy (non-hydrogen) atoms. The van der Waals surface area contributed by atoms with E-state index in [-0.39, 0.29) is 0 Å². The van der Waals surface area contributed by atoms with Gasteiger partial charge in [0.05, 0.1) is 6.07 Å². The molecule has 0 aliphatic carbocycles. The summed E-state index contributed by atoms with van der Waals surface area (Å²) in [5, 5.41) is 8.34. The van der Waals surface area contributed by atoms with Crippen LogP contribution in [0.4, 0.5) is 0 Å². The van der Waals surface area contributed by atoms with Gasteiger partial charge in [0.1, 0.15) is 0 Å². The second kappa shape index (κ2) is 4.44. The zero-order valence-electron chi connectivity index (χ0n) is 6.09. The van der Waals surface area contributed by atoms with Crippen molar-refractivity contribution in [3.63, 3.8) is 0 Å². The molecule has 0 atom stereocenters. The van der Waals surface area contributed by atoms with Crippen LogP contribution in [-0.2, 0) is 0 Å². The Hall–Kier alpha value is -0.590. The molecular formula is C9H5Br2N. The van der Waals surface area contributed by atoms with E-state index in [0.29, 0.717) is 0 Å². The molecule has 1 aromatic carbocycles. The van der Waals surface area contributed by atoms with Crippen LogP contribution in [0.3, 0.4) is 0 Å². The van der Waals surface area contributed by atoms with E-state index < -0.39 is 0 Å². The van der Waals surface area contributed by atoms with Gasteiger partial charge < -0.3 is 0 Å². The van der Waals surface area contributed by atoms with Crippen LogP contribution >= 0.6 is 31.9 Å². The number of benzene rings is 1. The van der Waals surface area contributed by atoms with E-state index in [0.717, 1.165) is 14.5 Å². The molecule has 0 heterocycles. The summed E-state index contributed by atoms with van der Waals surface area (Å²) in [7, 11) is 0. The fourth-order valence-corrected chi connectivity index (χ4v) is 2.05. The normalized spacial score (nSPS) is 10.1. The monoisotopic (exact) mass is 285 g/mol. The topological polar surface area (TPSA) is 23.8 Å². The van der Waals surface area contributed by atoms with E-state index in [9.17, 15) is 0 Å². The van der Waals surface area contributed by atoms with Gasteiger partial charge in [-0.3, -0.25) is 0 Å². The van der Waals surface area contributed by atoms with Crippen LogP contribution in [0.2, 0.25) is 0 Å². The van der Waals surface area contributed by atoms with Gasteiger partial charge in [0.15, 0.2) is 0 Å². The number of hydrogen-bond acceptors (Lipinski definition) is 1. The van der Waals surface area contributed by atoms with Crippen LogP contribution in [0.5, 0.6) is 0 Å². The zero-order valence-corrected chi connectivity index (χ0v) is 9.26. The van der Waals surface area contributed by atoms with E-state index in [1.807, 2.05) is 24.3 Å². The Kier molecular flexibility index (Phi) is 3.51. The molecule has 0 spiro atoms.